The van der Waals surface area contributed by atoms with E-state index in [9.17, 15) is 27.4 Å². The van der Waals surface area contributed by atoms with Crippen molar-refractivity contribution in [2.24, 2.45) is 0 Å². The largest absolute Gasteiger partial charge is 0.755 e. The first-order valence-electron chi connectivity index (χ1n) is 7.57. The van der Waals surface area contributed by atoms with E-state index in [0.717, 1.165) is 27.8 Å². The Kier molecular flexibility index (Phi) is 5.36. The van der Waals surface area contributed by atoms with Gasteiger partial charge in [0.2, 0.25) is 0 Å². The third-order valence-electron chi connectivity index (χ3n) is 3.81. The summed E-state index contributed by atoms with van der Waals surface area (Å²) >= 11 is -2.02. The summed E-state index contributed by atoms with van der Waals surface area (Å²) in [6.07, 6.45) is 0. The smallest absolute Gasteiger partial charge is 0.348 e. The summed E-state index contributed by atoms with van der Waals surface area (Å²) in [6.45, 7) is 1.69. The molecule has 9 heteroatoms. The lowest BCUT2D eigenvalue weighted by molar-refractivity contribution is 0.0703. The molecule has 1 aromatic heterocycles. The molecular weight excluding hydrogens is 396 g/mol. The van der Waals surface area contributed by atoms with E-state index in [4.69, 9.17) is 0 Å². The minimum atomic E-state index is -2.80. The lowest BCUT2D eigenvalue weighted by atomic mass is 10.1. The van der Waals surface area contributed by atoms with E-state index in [1.807, 2.05) is 0 Å². The summed E-state index contributed by atoms with van der Waals surface area (Å²) in [4.78, 5) is 11.7. The first-order chi connectivity index (χ1) is 12.8. The van der Waals surface area contributed by atoms with Crippen molar-refractivity contribution < 1.29 is 27.4 Å². The molecular formula is C18H12F2NO4S2-. The number of nitrogens with zero attached hydrogens (tertiary/aromatic N) is 1. The van der Waals surface area contributed by atoms with Gasteiger partial charge in [0.1, 0.15) is 4.88 Å². The van der Waals surface area contributed by atoms with Crippen molar-refractivity contribution >= 4 is 39.9 Å². The second-order valence-corrected chi connectivity index (χ2v) is 7.41. The molecule has 140 valence electrons. The maximum atomic E-state index is 13.5. The van der Waals surface area contributed by atoms with E-state index in [1.54, 1.807) is 31.2 Å². The molecule has 3 aromatic rings. The Balaban J connectivity index is 2.20. The maximum Gasteiger partial charge on any atom is 0.348 e. The number of para-hydroxylation sites is 1. The Bertz CT molecular complexity index is 1050. The van der Waals surface area contributed by atoms with Crippen LogP contribution in [0.25, 0.3) is 10.4 Å². The highest BCUT2D eigenvalue weighted by molar-refractivity contribution is 7.81. The molecule has 1 atom stereocenters. The predicted molar refractivity (Wildman–Crippen MR) is 98.9 cm³/mol. The molecule has 1 heterocycles. The number of thiophene rings is 1. The molecule has 0 saturated carbocycles. The van der Waals surface area contributed by atoms with E-state index in [0.29, 0.717) is 16.1 Å². The van der Waals surface area contributed by atoms with Crippen LogP contribution in [0.3, 0.4) is 0 Å². The molecule has 0 aliphatic carbocycles. The van der Waals surface area contributed by atoms with E-state index in [1.165, 1.54) is 12.1 Å². The standard InChI is InChI=1S/C18H13F2NO4S2/c1-10-4-2-3-5-14(10)21(27(24)25)15-9-16(26-17(15)18(22)23)11-6-7-12(19)13(20)8-11/h2-9H,1H3,(H,22,23)(H,24,25)/p-1. The number of halogens is 2. The molecule has 0 aliphatic heterocycles. The summed E-state index contributed by atoms with van der Waals surface area (Å²) in [5.74, 6) is -3.44. The summed E-state index contributed by atoms with van der Waals surface area (Å²) in [5.41, 5.74) is 1.09. The van der Waals surface area contributed by atoms with Gasteiger partial charge in [0.15, 0.2) is 11.6 Å². The second kappa shape index (κ2) is 7.55. The van der Waals surface area contributed by atoms with Crippen LogP contribution in [0.2, 0.25) is 0 Å². The fraction of sp³-hybridized carbons (Fsp3) is 0.0556. The third kappa shape index (κ3) is 3.75. The van der Waals surface area contributed by atoms with Gasteiger partial charge in [-0.25, -0.2) is 13.6 Å². The Morgan fingerprint density at radius 1 is 1.11 bits per heavy atom. The van der Waals surface area contributed by atoms with Crippen LogP contribution in [0.4, 0.5) is 20.2 Å². The summed E-state index contributed by atoms with van der Waals surface area (Å²) < 4.78 is 51.4. The average Bonchev–Trinajstić information content (AvgIpc) is 3.04. The number of hydrogen-bond acceptors (Lipinski definition) is 4. The number of carboxylic acid groups (broad SMARTS) is 1. The van der Waals surface area contributed by atoms with Gasteiger partial charge in [-0.3, -0.25) is 8.51 Å². The Morgan fingerprint density at radius 2 is 1.81 bits per heavy atom. The molecule has 27 heavy (non-hydrogen) atoms. The highest BCUT2D eigenvalue weighted by Crippen LogP contribution is 2.41. The Labute approximate surface area is 159 Å². The molecule has 5 nitrogen and oxygen atoms in total. The number of rotatable bonds is 5. The first kappa shape index (κ1) is 19.2. The van der Waals surface area contributed by atoms with Crippen LogP contribution >= 0.6 is 11.3 Å². The van der Waals surface area contributed by atoms with E-state index >= 15 is 0 Å². The molecule has 0 saturated heterocycles. The van der Waals surface area contributed by atoms with Crippen molar-refractivity contribution in [3.63, 3.8) is 0 Å². The van der Waals surface area contributed by atoms with Crippen LogP contribution in [-0.2, 0) is 11.3 Å². The molecule has 1 N–H and O–H groups in total. The molecule has 0 bridgehead atoms. The van der Waals surface area contributed by atoms with E-state index in [-0.39, 0.29) is 16.1 Å². The normalized spacial score (nSPS) is 12.0. The molecule has 2 aromatic carbocycles. The predicted octanol–water partition coefficient (Wildman–Crippen LogP) is 4.63. The monoisotopic (exact) mass is 408 g/mol. The molecule has 0 spiro atoms. The zero-order valence-electron chi connectivity index (χ0n) is 13.8. The van der Waals surface area contributed by atoms with Crippen molar-refractivity contribution in [3.05, 3.63) is 70.6 Å². The summed E-state index contributed by atoms with van der Waals surface area (Å²) in [6, 6.07) is 11.1. The number of carboxylic acids is 1. The van der Waals surface area contributed by atoms with E-state index in [2.05, 4.69) is 0 Å². The molecule has 1 unspecified atom stereocenters. The van der Waals surface area contributed by atoms with Gasteiger partial charge in [-0.15, -0.1) is 11.3 Å². The number of carbonyl (C=O) groups is 1. The zero-order chi connectivity index (χ0) is 19.7. The van der Waals surface area contributed by atoms with Gasteiger partial charge in [-0.05, 0) is 42.3 Å². The van der Waals surface area contributed by atoms with Crippen molar-refractivity contribution in [1.82, 2.24) is 0 Å². The average molecular weight is 408 g/mol. The fourth-order valence-electron chi connectivity index (χ4n) is 2.56. The quantitative estimate of drug-likeness (QED) is 0.624. The molecule has 0 amide bonds. The highest BCUT2D eigenvalue weighted by atomic mass is 32.2. The molecule has 0 radical (unpaired) electrons. The summed E-state index contributed by atoms with van der Waals surface area (Å²) in [5, 5.41) is 9.52. The van der Waals surface area contributed by atoms with Crippen molar-refractivity contribution in [1.29, 1.82) is 0 Å². The molecule has 0 fully saturated rings. The second-order valence-electron chi connectivity index (χ2n) is 5.56. The number of aryl methyl sites for hydroxylation is 1. The lowest BCUT2D eigenvalue weighted by Gasteiger charge is -2.27. The van der Waals surface area contributed by atoms with Crippen LogP contribution < -0.4 is 4.31 Å². The minimum Gasteiger partial charge on any atom is -0.755 e. The maximum absolute atomic E-state index is 13.5. The van der Waals surface area contributed by atoms with E-state index < -0.39 is 28.9 Å². The van der Waals surface area contributed by atoms with Crippen LogP contribution in [-0.4, -0.2) is 19.8 Å². The Morgan fingerprint density at radius 3 is 2.41 bits per heavy atom. The van der Waals surface area contributed by atoms with Crippen LogP contribution in [0, 0.1) is 18.6 Å². The summed E-state index contributed by atoms with van der Waals surface area (Å²) in [7, 11) is 0. The van der Waals surface area contributed by atoms with Crippen molar-refractivity contribution in [2.75, 3.05) is 4.31 Å². The van der Waals surface area contributed by atoms with Crippen molar-refractivity contribution in [2.45, 2.75) is 6.92 Å². The van der Waals surface area contributed by atoms with Gasteiger partial charge in [-0.2, -0.15) is 0 Å². The van der Waals surface area contributed by atoms with Gasteiger partial charge in [-0.1, -0.05) is 24.3 Å². The number of hydrogen-bond donors (Lipinski definition) is 1. The van der Waals surface area contributed by atoms with Crippen LogP contribution in [0.5, 0.6) is 0 Å². The first-order valence-corrected chi connectivity index (χ1v) is 9.42. The minimum absolute atomic E-state index is 0.0742. The highest BCUT2D eigenvalue weighted by Gasteiger charge is 2.24. The number of aromatic carboxylic acids is 1. The van der Waals surface area contributed by atoms with Crippen molar-refractivity contribution in [3.8, 4) is 10.4 Å². The SMILES string of the molecule is Cc1ccccc1N(c1cc(-c2ccc(F)c(F)c2)sc1C(=O)O)S(=O)[O-]. The van der Waals surface area contributed by atoms with Crippen LogP contribution in [0.1, 0.15) is 15.2 Å². The van der Waals surface area contributed by atoms with Gasteiger partial charge in [0.25, 0.3) is 0 Å². The van der Waals surface area contributed by atoms with Gasteiger partial charge >= 0.3 is 5.97 Å². The zero-order valence-corrected chi connectivity index (χ0v) is 15.4. The Hall–Kier alpha value is -2.62. The van der Waals surface area contributed by atoms with Gasteiger partial charge < -0.3 is 9.66 Å². The van der Waals surface area contributed by atoms with Crippen LogP contribution in [0.15, 0.2) is 48.5 Å². The number of anilines is 2. The topological polar surface area (TPSA) is 80.7 Å². The van der Waals surface area contributed by atoms with Gasteiger partial charge in [0, 0.05) is 4.88 Å². The molecule has 3 rings (SSSR count). The molecule has 0 aliphatic rings. The number of benzene rings is 2. The lowest BCUT2D eigenvalue weighted by Crippen LogP contribution is -2.21. The third-order valence-corrected chi connectivity index (χ3v) is 5.67. The van der Waals surface area contributed by atoms with Gasteiger partial charge in [0.05, 0.1) is 22.6 Å². The fourth-order valence-corrected chi connectivity index (χ4v) is 4.26.